The molecular weight excluding hydrogens is 462 g/mol. The highest BCUT2D eigenvalue weighted by Gasteiger charge is 2.47. The van der Waals surface area contributed by atoms with Crippen molar-refractivity contribution in [2.75, 3.05) is 30.7 Å². The Morgan fingerprint density at radius 1 is 1.03 bits per heavy atom. The molecule has 0 aliphatic carbocycles. The summed E-state index contributed by atoms with van der Waals surface area (Å²) in [5, 5.41) is 3.00. The summed E-state index contributed by atoms with van der Waals surface area (Å²) in [4.78, 5) is 29.5. The van der Waals surface area contributed by atoms with E-state index < -0.39 is 0 Å². The second kappa shape index (κ2) is 9.02. The Bertz CT molecular complexity index is 909. The van der Waals surface area contributed by atoms with Crippen molar-refractivity contribution in [3.05, 3.63) is 64.1 Å². The van der Waals surface area contributed by atoms with Gasteiger partial charge in [0.05, 0.1) is 4.87 Å². The number of carbonyl (C=O) groups excluding carboxylic acids is 2. The number of benzene rings is 2. The van der Waals surface area contributed by atoms with Crippen molar-refractivity contribution in [1.29, 1.82) is 0 Å². The number of anilines is 1. The first kappa shape index (κ1) is 21.2. The van der Waals surface area contributed by atoms with Crippen molar-refractivity contribution in [3.8, 4) is 0 Å². The van der Waals surface area contributed by atoms with E-state index in [0.717, 1.165) is 47.3 Å². The average molecular weight is 488 g/mol. The lowest BCUT2D eigenvalue weighted by atomic mass is 10.0. The summed E-state index contributed by atoms with van der Waals surface area (Å²) in [6, 6.07) is 15.5. The van der Waals surface area contributed by atoms with Crippen molar-refractivity contribution < 1.29 is 9.59 Å². The van der Waals surface area contributed by atoms with Gasteiger partial charge in [-0.3, -0.25) is 4.79 Å². The number of hydrogen-bond donors (Lipinski definition) is 1. The van der Waals surface area contributed by atoms with Crippen LogP contribution in [0.3, 0.4) is 0 Å². The van der Waals surface area contributed by atoms with Crippen molar-refractivity contribution in [2.45, 2.75) is 31.1 Å². The molecule has 0 unspecified atom stereocenters. The quantitative estimate of drug-likeness (QED) is 0.644. The molecule has 1 N–H and O–H groups in total. The van der Waals surface area contributed by atoms with Crippen LogP contribution in [0.25, 0.3) is 0 Å². The topological polar surface area (TPSA) is 52.7 Å². The van der Waals surface area contributed by atoms with Crippen LogP contribution < -0.4 is 5.32 Å². The highest BCUT2D eigenvalue weighted by Crippen LogP contribution is 2.44. The van der Waals surface area contributed by atoms with Gasteiger partial charge in [0.2, 0.25) is 0 Å². The maximum atomic E-state index is 13.1. The Labute approximate surface area is 190 Å². The minimum atomic E-state index is -0.205. The fourth-order valence-corrected chi connectivity index (χ4v) is 5.86. The smallest absolute Gasteiger partial charge is 0.321 e. The number of amides is 3. The first-order valence-electron chi connectivity index (χ1n) is 10.4. The van der Waals surface area contributed by atoms with Gasteiger partial charge in [0, 0.05) is 41.1 Å². The Balaban J connectivity index is 1.38. The number of nitrogens with one attached hydrogen (secondary N) is 1. The molecule has 2 aliphatic heterocycles. The molecule has 0 aromatic heterocycles. The van der Waals surface area contributed by atoms with Crippen LogP contribution in [-0.4, -0.2) is 52.0 Å². The molecule has 0 saturated carbocycles. The van der Waals surface area contributed by atoms with Crippen LogP contribution in [-0.2, 0) is 6.42 Å². The molecule has 30 heavy (non-hydrogen) atoms. The molecule has 5 nitrogen and oxygen atoms in total. The van der Waals surface area contributed by atoms with Gasteiger partial charge in [0.15, 0.2) is 0 Å². The fourth-order valence-electron chi connectivity index (χ4n) is 4.14. The number of thioether (sulfide) groups is 1. The zero-order chi connectivity index (χ0) is 21.1. The normalized spacial score (nSPS) is 17.9. The zero-order valence-electron chi connectivity index (χ0n) is 17.1. The molecule has 3 amide bonds. The standard InChI is InChI=1S/C23H26BrN3O2S/c1-2-17-3-9-20(10-4-17)25-22(29)26-13-11-23(12-14-26)27(15-16-30-23)21(28)18-5-7-19(24)8-6-18/h3-10H,2,11-16H2,1H3,(H,25,29). The monoisotopic (exact) mass is 487 g/mol. The minimum Gasteiger partial charge on any atom is -0.324 e. The van der Waals surface area contributed by atoms with Crippen molar-refractivity contribution in [1.82, 2.24) is 9.80 Å². The second-order valence-corrected chi connectivity index (χ2v) is 10.1. The van der Waals surface area contributed by atoms with Gasteiger partial charge in [0.1, 0.15) is 0 Å². The summed E-state index contributed by atoms with van der Waals surface area (Å²) in [5.41, 5.74) is 2.79. The zero-order valence-corrected chi connectivity index (χ0v) is 19.5. The predicted octanol–water partition coefficient (Wildman–Crippen LogP) is 5.22. The van der Waals surface area contributed by atoms with E-state index in [4.69, 9.17) is 0 Å². The maximum Gasteiger partial charge on any atom is 0.321 e. The van der Waals surface area contributed by atoms with Gasteiger partial charge >= 0.3 is 6.03 Å². The molecular formula is C23H26BrN3O2S. The van der Waals surface area contributed by atoms with Gasteiger partial charge < -0.3 is 15.1 Å². The van der Waals surface area contributed by atoms with Gasteiger partial charge in [0.25, 0.3) is 5.91 Å². The number of likely N-dealkylation sites (tertiary alicyclic amines) is 1. The van der Waals surface area contributed by atoms with E-state index >= 15 is 0 Å². The number of halogens is 1. The number of aryl methyl sites for hydroxylation is 1. The largest absolute Gasteiger partial charge is 0.324 e. The molecule has 158 valence electrons. The SMILES string of the molecule is CCc1ccc(NC(=O)N2CCC3(CC2)SCCN3C(=O)c2ccc(Br)cc2)cc1. The molecule has 2 heterocycles. The first-order chi connectivity index (χ1) is 14.5. The highest BCUT2D eigenvalue weighted by atomic mass is 79.9. The lowest BCUT2D eigenvalue weighted by Gasteiger charge is -2.44. The Kier molecular flexibility index (Phi) is 6.39. The first-order valence-corrected chi connectivity index (χ1v) is 12.1. The van der Waals surface area contributed by atoms with Crippen LogP contribution >= 0.6 is 27.7 Å². The van der Waals surface area contributed by atoms with Gasteiger partial charge in [-0.1, -0.05) is 35.0 Å². The van der Waals surface area contributed by atoms with E-state index in [9.17, 15) is 9.59 Å². The number of urea groups is 1. The number of piperidine rings is 1. The lowest BCUT2D eigenvalue weighted by Crippen LogP contribution is -2.54. The molecule has 2 fully saturated rings. The summed E-state index contributed by atoms with van der Waals surface area (Å²) in [7, 11) is 0. The molecule has 0 radical (unpaired) electrons. The number of carbonyl (C=O) groups is 2. The third kappa shape index (κ3) is 4.37. The molecule has 7 heteroatoms. The Morgan fingerprint density at radius 2 is 1.70 bits per heavy atom. The third-order valence-electron chi connectivity index (χ3n) is 5.96. The van der Waals surface area contributed by atoms with E-state index in [0.29, 0.717) is 13.1 Å². The van der Waals surface area contributed by atoms with E-state index in [1.165, 1.54) is 5.56 Å². The molecule has 2 aromatic carbocycles. The molecule has 1 spiro atoms. The van der Waals surface area contributed by atoms with Crippen molar-refractivity contribution in [2.24, 2.45) is 0 Å². The third-order valence-corrected chi connectivity index (χ3v) is 8.04. The van der Waals surface area contributed by atoms with Crippen molar-refractivity contribution >= 4 is 45.3 Å². The Morgan fingerprint density at radius 3 is 2.33 bits per heavy atom. The van der Waals surface area contributed by atoms with E-state index in [2.05, 4.69) is 28.2 Å². The van der Waals surface area contributed by atoms with Gasteiger partial charge in [-0.2, -0.15) is 0 Å². The summed E-state index contributed by atoms with van der Waals surface area (Å²) < 4.78 is 0.966. The molecule has 0 bridgehead atoms. The van der Waals surface area contributed by atoms with Crippen molar-refractivity contribution in [3.63, 3.8) is 0 Å². The van der Waals surface area contributed by atoms with Gasteiger partial charge in [-0.25, -0.2) is 4.79 Å². The summed E-state index contributed by atoms with van der Waals surface area (Å²) in [6.45, 7) is 4.17. The minimum absolute atomic E-state index is 0.0668. The van der Waals surface area contributed by atoms with Crippen LogP contribution in [0.2, 0.25) is 0 Å². The molecule has 0 atom stereocenters. The van der Waals surface area contributed by atoms with E-state index in [1.807, 2.05) is 70.1 Å². The Hall–Kier alpha value is -1.99. The van der Waals surface area contributed by atoms with Gasteiger partial charge in [-0.05, 0) is 61.2 Å². The van der Waals surface area contributed by atoms with Crippen LogP contribution in [0.4, 0.5) is 10.5 Å². The number of rotatable bonds is 3. The summed E-state index contributed by atoms with van der Waals surface area (Å²) >= 11 is 5.29. The highest BCUT2D eigenvalue weighted by molar-refractivity contribution is 9.10. The van der Waals surface area contributed by atoms with E-state index in [1.54, 1.807) is 0 Å². The summed E-state index contributed by atoms with van der Waals surface area (Å²) in [6.07, 6.45) is 2.57. The van der Waals surface area contributed by atoms with Crippen LogP contribution in [0.15, 0.2) is 53.0 Å². The predicted molar refractivity (Wildman–Crippen MR) is 126 cm³/mol. The van der Waals surface area contributed by atoms with Crippen LogP contribution in [0, 0.1) is 0 Å². The van der Waals surface area contributed by atoms with Crippen LogP contribution in [0.5, 0.6) is 0 Å². The van der Waals surface area contributed by atoms with Gasteiger partial charge in [-0.15, -0.1) is 11.8 Å². The number of nitrogens with zero attached hydrogens (tertiary/aromatic N) is 2. The molecule has 4 rings (SSSR count). The second-order valence-electron chi connectivity index (χ2n) is 7.73. The fraction of sp³-hybridized carbons (Fsp3) is 0.391. The molecule has 2 aromatic rings. The number of hydrogen-bond acceptors (Lipinski definition) is 3. The van der Waals surface area contributed by atoms with Crippen LogP contribution in [0.1, 0.15) is 35.7 Å². The molecule has 2 aliphatic rings. The maximum absolute atomic E-state index is 13.1. The summed E-state index contributed by atoms with van der Waals surface area (Å²) in [5.74, 6) is 1.03. The molecule has 2 saturated heterocycles. The van der Waals surface area contributed by atoms with E-state index in [-0.39, 0.29) is 16.8 Å². The average Bonchev–Trinajstić information content (AvgIpc) is 3.17. The lowest BCUT2D eigenvalue weighted by molar-refractivity contribution is 0.0585.